The Labute approximate surface area is 302 Å². The van der Waals surface area contributed by atoms with Gasteiger partial charge in [-0.25, -0.2) is 0 Å². The second-order valence-corrected chi connectivity index (χ2v) is 14.1. The van der Waals surface area contributed by atoms with E-state index >= 15 is 0 Å². The number of rotatable bonds is 4. The molecule has 11 rings (SSSR count). The zero-order valence-corrected chi connectivity index (χ0v) is 28.6. The second kappa shape index (κ2) is 11.5. The molecule has 0 spiro atoms. The van der Waals surface area contributed by atoms with E-state index in [0.717, 1.165) is 25.7 Å². The third-order valence-corrected chi connectivity index (χ3v) is 11.3. The third kappa shape index (κ3) is 4.47. The Bertz CT molecular complexity index is 2860. The Hall–Kier alpha value is -6.52. The summed E-state index contributed by atoms with van der Waals surface area (Å²) in [6, 6.07) is 47.1. The number of hydrogen-bond acceptors (Lipinski definition) is 2. The molecule has 4 heteroatoms. The van der Waals surface area contributed by atoms with Crippen molar-refractivity contribution in [2.75, 3.05) is 0 Å². The van der Waals surface area contributed by atoms with Gasteiger partial charge in [-0.1, -0.05) is 42.5 Å². The molecule has 0 N–H and O–H groups in total. The molecule has 0 unspecified atom stereocenters. The van der Waals surface area contributed by atoms with Gasteiger partial charge in [-0.15, -0.1) is 0 Å². The molecule has 52 heavy (non-hydrogen) atoms. The van der Waals surface area contributed by atoms with Crippen LogP contribution in [0.3, 0.4) is 0 Å². The van der Waals surface area contributed by atoms with Gasteiger partial charge in [0.25, 0.3) is 0 Å². The fraction of sp³-hybridized carbons (Fsp3) is 0.0833. The number of allylic oxidation sites excluding steroid dienone is 1. The van der Waals surface area contributed by atoms with Crippen molar-refractivity contribution in [3.63, 3.8) is 0 Å². The molecular formula is C48H34N4. The fourth-order valence-corrected chi connectivity index (χ4v) is 8.90. The largest absolute Gasteiger partial charge is 0.313 e. The van der Waals surface area contributed by atoms with Crippen LogP contribution in [0.25, 0.3) is 78.0 Å². The quantitative estimate of drug-likeness (QED) is 0.187. The lowest BCUT2D eigenvalue weighted by atomic mass is 9.83. The SMILES string of the molecule is C1=C(c2ccncc2)CCc2c1c1cc3c(cc1n2-c1ccccc1)-c1cc2c(cc1CC3)c1cc(-c3ccncc3)ccc1n2-c1ccccc1. The third-order valence-electron chi connectivity index (χ3n) is 11.3. The maximum absolute atomic E-state index is 4.28. The van der Waals surface area contributed by atoms with Crippen LogP contribution >= 0.6 is 0 Å². The molecule has 2 aliphatic carbocycles. The standard InChI is InChI=1S/C48H34N4/c1-3-7-37(8-4-1)51-45-15-13-33(31-17-21-49-22-18-31)25-41(45)43-27-35-11-12-36-28-44-42-26-34(32-19-23-50-24-20-32)14-16-46(42)52(38-9-5-2-6-10-38)48(44)30-40(36)39(35)29-47(43)51/h1-10,13,15,17-30H,11-12,14,16H2. The first-order chi connectivity index (χ1) is 25.8. The molecule has 0 radical (unpaired) electrons. The van der Waals surface area contributed by atoms with Gasteiger partial charge in [0.2, 0.25) is 0 Å². The van der Waals surface area contributed by atoms with Gasteiger partial charge in [-0.2, -0.15) is 0 Å². The van der Waals surface area contributed by atoms with Crippen LogP contribution in [0.5, 0.6) is 0 Å². The molecular weight excluding hydrogens is 633 g/mol. The van der Waals surface area contributed by atoms with Crippen molar-refractivity contribution in [1.82, 2.24) is 19.1 Å². The maximum Gasteiger partial charge on any atom is 0.0547 e. The number of aromatic nitrogens is 4. The maximum atomic E-state index is 4.28. The zero-order valence-electron chi connectivity index (χ0n) is 28.6. The number of hydrogen-bond donors (Lipinski definition) is 0. The molecule has 0 fully saturated rings. The number of fused-ring (bicyclic) bond motifs is 9. The molecule has 0 amide bonds. The number of benzene rings is 5. The van der Waals surface area contributed by atoms with Crippen LogP contribution in [0.4, 0.5) is 0 Å². The average Bonchev–Trinajstić information content (AvgIpc) is 3.71. The lowest BCUT2D eigenvalue weighted by molar-refractivity contribution is 0.897. The van der Waals surface area contributed by atoms with E-state index < -0.39 is 0 Å². The van der Waals surface area contributed by atoms with Crippen LogP contribution in [-0.4, -0.2) is 19.1 Å². The van der Waals surface area contributed by atoms with E-state index in [0.29, 0.717) is 0 Å². The zero-order chi connectivity index (χ0) is 34.2. The summed E-state index contributed by atoms with van der Waals surface area (Å²) < 4.78 is 4.98. The van der Waals surface area contributed by atoms with Crippen molar-refractivity contribution >= 4 is 44.4 Å². The fourth-order valence-electron chi connectivity index (χ4n) is 8.90. The van der Waals surface area contributed by atoms with Crippen LogP contribution in [0.2, 0.25) is 0 Å². The van der Waals surface area contributed by atoms with Crippen molar-refractivity contribution in [3.8, 4) is 33.6 Å². The van der Waals surface area contributed by atoms with E-state index in [1.165, 1.54) is 99.9 Å². The van der Waals surface area contributed by atoms with Crippen LogP contribution < -0.4 is 0 Å². The molecule has 0 atom stereocenters. The van der Waals surface area contributed by atoms with Gasteiger partial charge >= 0.3 is 0 Å². The van der Waals surface area contributed by atoms with E-state index in [4.69, 9.17) is 0 Å². The van der Waals surface area contributed by atoms with Crippen LogP contribution in [0, 0.1) is 0 Å². The molecule has 5 aromatic carbocycles. The summed E-state index contributed by atoms with van der Waals surface area (Å²) in [5.74, 6) is 0. The molecule has 4 nitrogen and oxygen atoms in total. The molecule has 0 aliphatic heterocycles. The van der Waals surface area contributed by atoms with Crippen molar-refractivity contribution in [3.05, 3.63) is 180 Å². The van der Waals surface area contributed by atoms with E-state index in [2.05, 4.69) is 153 Å². The molecule has 0 saturated carbocycles. The summed E-state index contributed by atoms with van der Waals surface area (Å²) >= 11 is 0. The molecule has 0 bridgehead atoms. The minimum absolute atomic E-state index is 0.994. The molecule has 4 aromatic heterocycles. The van der Waals surface area contributed by atoms with Gasteiger partial charge in [-0.3, -0.25) is 9.97 Å². The minimum Gasteiger partial charge on any atom is -0.313 e. The van der Waals surface area contributed by atoms with Crippen LogP contribution in [0.1, 0.15) is 34.4 Å². The number of pyridine rings is 2. The number of aryl methyl sites for hydroxylation is 2. The smallest absolute Gasteiger partial charge is 0.0547 e. The Kier molecular flexibility index (Phi) is 6.47. The lowest BCUT2D eigenvalue weighted by Crippen LogP contribution is -2.06. The van der Waals surface area contributed by atoms with E-state index in [-0.39, 0.29) is 0 Å². The highest BCUT2D eigenvalue weighted by Gasteiger charge is 2.26. The summed E-state index contributed by atoms with van der Waals surface area (Å²) in [7, 11) is 0. The molecule has 9 aromatic rings. The van der Waals surface area contributed by atoms with Crippen molar-refractivity contribution in [2.24, 2.45) is 0 Å². The summed E-state index contributed by atoms with van der Waals surface area (Å²) in [6.45, 7) is 0. The van der Waals surface area contributed by atoms with Gasteiger partial charge in [0.05, 0.1) is 16.6 Å². The predicted molar refractivity (Wildman–Crippen MR) is 214 cm³/mol. The van der Waals surface area contributed by atoms with Crippen LogP contribution in [0.15, 0.2) is 152 Å². The monoisotopic (exact) mass is 666 g/mol. The highest BCUT2D eigenvalue weighted by molar-refractivity contribution is 6.12. The van der Waals surface area contributed by atoms with E-state index in [9.17, 15) is 0 Å². The lowest BCUT2D eigenvalue weighted by Gasteiger charge is -2.22. The first-order valence-electron chi connectivity index (χ1n) is 18.2. The van der Waals surface area contributed by atoms with E-state index in [1.54, 1.807) is 0 Å². The molecule has 2 aliphatic rings. The van der Waals surface area contributed by atoms with Gasteiger partial charge in [-0.05, 0) is 161 Å². The second-order valence-electron chi connectivity index (χ2n) is 14.1. The normalized spacial score (nSPS) is 13.6. The predicted octanol–water partition coefficient (Wildman–Crippen LogP) is 11.4. The Balaban J connectivity index is 1.16. The van der Waals surface area contributed by atoms with Crippen molar-refractivity contribution in [1.29, 1.82) is 0 Å². The van der Waals surface area contributed by atoms with E-state index in [1.807, 2.05) is 24.8 Å². The van der Waals surface area contributed by atoms with Gasteiger partial charge < -0.3 is 9.13 Å². The highest BCUT2D eigenvalue weighted by Crippen LogP contribution is 2.45. The van der Waals surface area contributed by atoms with Gasteiger partial charge in [0, 0.05) is 63.6 Å². The first kappa shape index (κ1) is 29.2. The Morgan fingerprint density at radius 2 is 1.00 bits per heavy atom. The highest BCUT2D eigenvalue weighted by atomic mass is 15.0. The van der Waals surface area contributed by atoms with Crippen LogP contribution in [-0.2, 0) is 19.3 Å². The Morgan fingerprint density at radius 3 is 1.67 bits per heavy atom. The van der Waals surface area contributed by atoms with Gasteiger partial charge in [0.15, 0.2) is 0 Å². The molecule has 4 heterocycles. The van der Waals surface area contributed by atoms with Crippen molar-refractivity contribution in [2.45, 2.75) is 25.7 Å². The van der Waals surface area contributed by atoms with Crippen molar-refractivity contribution < 1.29 is 0 Å². The molecule has 0 saturated heterocycles. The molecule has 246 valence electrons. The Morgan fingerprint density at radius 1 is 0.423 bits per heavy atom. The first-order valence-corrected chi connectivity index (χ1v) is 18.2. The average molecular weight is 667 g/mol. The topological polar surface area (TPSA) is 35.6 Å². The number of nitrogens with zero attached hydrogens (tertiary/aromatic N) is 4. The summed E-state index contributed by atoms with van der Waals surface area (Å²) in [5.41, 5.74) is 19.5. The number of para-hydroxylation sites is 2. The minimum atomic E-state index is 0.994. The summed E-state index contributed by atoms with van der Waals surface area (Å²) in [4.78, 5) is 8.54. The summed E-state index contributed by atoms with van der Waals surface area (Å²) in [6.07, 6.45) is 14.0. The summed E-state index contributed by atoms with van der Waals surface area (Å²) in [5, 5.41) is 3.92. The van der Waals surface area contributed by atoms with Gasteiger partial charge in [0.1, 0.15) is 0 Å².